The Kier molecular flexibility index (Phi) is 5.59. The number of aliphatic hydroxyl groups is 1. The van der Waals surface area contributed by atoms with Gasteiger partial charge < -0.3 is 9.53 Å². The molecular weight excluding hydrogens is 264 g/mol. The summed E-state index contributed by atoms with van der Waals surface area (Å²) in [6.07, 6.45) is 0.276. The Balaban J connectivity index is 2.99. The van der Waals surface area contributed by atoms with Crippen molar-refractivity contribution in [3.8, 4) is 0 Å². The maximum Gasteiger partial charge on any atom is 0.192 e. The van der Waals surface area contributed by atoms with E-state index in [1.165, 1.54) is 11.1 Å². The van der Waals surface area contributed by atoms with Crippen molar-refractivity contribution < 1.29 is 9.53 Å². The maximum absolute atomic E-state index is 9.77. The predicted molar refractivity (Wildman–Crippen MR) is 88.5 cm³/mol. The van der Waals surface area contributed by atoms with Crippen LogP contribution >= 0.6 is 0 Å². The zero-order chi connectivity index (χ0) is 15.6. The topological polar surface area (TPSA) is 29.5 Å². The highest BCUT2D eigenvalue weighted by atomic mass is 28.4. The molecule has 0 radical (unpaired) electrons. The predicted octanol–water partition coefficient (Wildman–Crippen LogP) is 4.83. The first-order valence-electron chi connectivity index (χ1n) is 7.45. The van der Waals surface area contributed by atoms with Gasteiger partial charge in [-0.25, -0.2) is 0 Å². The van der Waals surface area contributed by atoms with E-state index >= 15 is 0 Å². The van der Waals surface area contributed by atoms with Crippen molar-refractivity contribution >= 4 is 8.32 Å². The molecule has 1 N–H and O–H groups in total. The van der Waals surface area contributed by atoms with Crippen LogP contribution in [-0.2, 0) is 4.43 Å². The maximum atomic E-state index is 9.77. The van der Waals surface area contributed by atoms with Crippen molar-refractivity contribution in [2.45, 2.75) is 71.4 Å². The number of aryl methyl sites for hydroxylation is 1. The number of aliphatic hydroxyl groups excluding tert-OH is 1. The molecule has 0 spiro atoms. The van der Waals surface area contributed by atoms with Gasteiger partial charge in [-0.15, -0.1) is 0 Å². The Morgan fingerprint density at radius 2 is 1.65 bits per heavy atom. The average Bonchev–Trinajstić information content (AvgIpc) is 2.26. The molecule has 1 aromatic rings. The summed E-state index contributed by atoms with van der Waals surface area (Å²) in [7, 11) is -1.84. The summed E-state index contributed by atoms with van der Waals surface area (Å²) in [5, 5.41) is 9.95. The van der Waals surface area contributed by atoms with Crippen LogP contribution in [0.25, 0.3) is 0 Å². The van der Waals surface area contributed by atoms with E-state index in [0.717, 1.165) is 0 Å². The van der Waals surface area contributed by atoms with Gasteiger partial charge in [0.1, 0.15) is 0 Å². The van der Waals surface area contributed by atoms with E-state index in [-0.39, 0.29) is 17.2 Å². The van der Waals surface area contributed by atoms with E-state index in [0.29, 0.717) is 6.42 Å². The zero-order valence-corrected chi connectivity index (χ0v) is 15.0. The molecule has 20 heavy (non-hydrogen) atoms. The number of hydrogen-bond donors (Lipinski definition) is 1. The normalized spacial score (nSPS) is 16.0. The van der Waals surface area contributed by atoms with Crippen molar-refractivity contribution in [1.29, 1.82) is 0 Å². The Morgan fingerprint density at radius 3 is 2.05 bits per heavy atom. The summed E-state index contributed by atoms with van der Waals surface area (Å²) in [6.45, 7) is 15.2. The molecule has 1 rings (SSSR count). The first-order chi connectivity index (χ1) is 9.03. The van der Waals surface area contributed by atoms with Crippen molar-refractivity contribution in [2.75, 3.05) is 0 Å². The van der Waals surface area contributed by atoms with Crippen LogP contribution in [0.5, 0.6) is 0 Å². The molecule has 0 aliphatic heterocycles. The van der Waals surface area contributed by atoms with Gasteiger partial charge in [-0.2, -0.15) is 0 Å². The van der Waals surface area contributed by atoms with E-state index in [4.69, 9.17) is 4.43 Å². The molecule has 3 heteroatoms. The standard InChI is InChI=1S/C17H30O2Si/c1-13-8-10-15(11-9-13)16(12-14(2)18)19-20(6,7)17(3,4)5/h8-11,14,16,18H,12H2,1-7H3. The minimum Gasteiger partial charge on any atom is -0.410 e. The third-order valence-electron chi connectivity index (χ3n) is 4.25. The Labute approximate surface area is 125 Å². The SMILES string of the molecule is Cc1ccc(C(CC(C)O)O[Si](C)(C)C(C)(C)C)cc1. The summed E-state index contributed by atoms with van der Waals surface area (Å²) in [5.74, 6) is 0. The van der Waals surface area contributed by atoms with Crippen molar-refractivity contribution in [2.24, 2.45) is 0 Å². The Bertz CT molecular complexity index is 416. The molecule has 0 bridgehead atoms. The second kappa shape index (κ2) is 6.42. The molecular formula is C17H30O2Si. The fourth-order valence-corrected chi connectivity index (χ4v) is 3.17. The number of benzene rings is 1. The summed E-state index contributed by atoms with van der Waals surface area (Å²) in [5.41, 5.74) is 2.41. The first kappa shape index (κ1) is 17.4. The summed E-state index contributed by atoms with van der Waals surface area (Å²) in [6, 6.07) is 8.46. The second-order valence-electron chi connectivity index (χ2n) is 7.36. The summed E-state index contributed by atoms with van der Waals surface area (Å²) in [4.78, 5) is 0. The van der Waals surface area contributed by atoms with Gasteiger partial charge in [0.15, 0.2) is 8.32 Å². The first-order valence-corrected chi connectivity index (χ1v) is 10.4. The highest BCUT2D eigenvalue weighted by molar-refractivity contribution is 6.74. The van der Waals surface area contributed by atoms with Gasteiger partial charge in [0.2, 0.25) is 0 Å². The molecule has 2 atom stereocenters. The van der Waals surface area contributed by atoms with Crippen LogP contribution in [0, 0.1) is 6.92 Å². The Morgan fingerprint density at radius 1 is 1.15 bits per heavy atom. The smallest absolute Gasteiger partial charge is 0.192 e. The summed E-state index contributed by atoms with van der Waals surface area (Å²) >= 11 is 0. The van der Waals surface area contributed by atoms with Crippen molar-refractivity contribution in [1.82, 2.24) is 0 Å². The van der Waals surface area contributed by atoms with Crippen LogP contribution < -0.4 is 0 Å². The number of hydrogen-bond acceptors (Lipinski definition) is 2. The zero-order valence-electron chi connectivity index (χ0n) is 14.0. The highest BCUT2D eigenvalue weighted by Gasteiger charge is 2.39. The number of rotatable bonds is 5. The van der Waals surface area contributed by atoms with E-state index in [1.54, 1.807) is 0 Å². The lowest BCUT2D eigenvalue weighted by atomic mass is 10.0. The molecule has 114 valence electrons. The minimum absolute atomic E-state index is 0.0171. The van der Waals surface area contributed by atoms with Gasteiger partial charge >= 0.3 is 0 Å². The molecule has 2 unspecified atom stereocenters. The van der Waals surface area contributed by atoms with Gasteiger partial charge in [-0.3, -0.25) is 0 Å². The highest BCUT2D eigenvalue weighted by Crippen LogP contribution is 2.40. The fourth-order valence-electron chi connectivity index (χ4n) is 1.88. The minimum atomic E-state index is -1.84. The van der Waals surface area contributed by atoms with Crippen LogP contribution in [0.2, 0.25) is 18.1 Å². The van der Waals surface area contributed by atoms with Gasteiger partial charge in [-0.05, 0) is 37.5 Å². The van der Waals surface area contributed by atoms with Crippen LogP contribution in [-0.4, -0.2) is 19.5 Å². The third-order valence-corrected chi connectivity index (χ3v) is 8.73. The molecule has 0 aliphatic rings. The monoisotopic (exact) mass is 294 g/mol. The molecule has 0 amide bonds. The van der Waals surface area contributed by atoms with E-state index in [9.17, 15) is 5.11 Å². The quantitative estimate of drug-likeness (QED) is 0.788. The second-order valence-corrected chi connectivity index (χ2v) is 12.1. The molecule has 0 heterocycles. The van der Waals surface area contributed by atoms with Crippen molar-refractivity contribution in [3.05, 3.63) is 35.4 Å². The molecule has 1 aromatic carbocycles. The van der Waals surface area contributed by atoms with Crippen LogP contribution in [0.15, 0.2) is 24.3 Å². The molecule has 0 aliphatic carbocycles. The van der Waals surface area contributed by atoms with Crippen LogP contribution in [0.4, 0.5) is 0 Å². The van der Waals surface area contributed by atoms with Gasteiger partial charge in [0.25, 0.3) is 0 Å². The molecule has 0 saturated heterocycles. The van der Waals surface area contributed by atoms with Gasteiger partial charge in [-0.1, -0.05) is 50.6 Å². The summed E-state index contributed by atoms with van der Waals surface area (Å²) < 4.78 is 6.52. The Hall–Kier alpha value is -0.643. The van der Waals surface area contributed by atoms with Crippen molar-refractivity contribution in [3.63, 3.8) is 0 Å². The lowest BCUT2D eigenvalue weighted by Gasteiger charge is -2.39. The van der Waals surface area contributed by atoms with Gasteiger partial charge in [0.05, 0.1) is 12.2 Å². The molecule has 0 fully saturated rings. The fraction of sp³-hybridized carbons (Fsp3) is 0.647. The lowest BCUT2D eigenvalue weighted by molar-refractivity contribution is 0.0966. The van der Waals surface area contributed by atoms with Crippen LogP contribution in [0.1, 0.15) is 51.3 Å². The van der Waals surface area contributed by atoms with E-state index in [1.807, 2.05) is 6.92 Å². The molecule has 2 nitrogen and oxygen atoms in total. The van der Waals surface area contributed by atoms with Gasteiger partial charge in [0, 0.05) is 6.42 Å². The van der Waals surface area contributed by atoms with E-state index < -0.39 is 8.32 Å². The third kappa shape index (κ3) is 4.72. The molecule has 0 saturated carbocycles. The largest absolute Gasteiger partial charge is 0.410 e. The van der Waals surface area contributed by atoms with E-state index in [2.05, 4.69) is 65.1 Å². The molecule has 0 aromatic heterocycles. The average molecular weight is 295 g/mol. The van der Waals surface area contributed by atoms with Crippen LogP contribution in [0.3, 0.4) is 0 Å². The lowest BCUT2D eigenvalue weighted by Crippen LogP contribution is -2.42.